The number of benzene rings is 3. The summed E-state index contributed by atoms with van der Waals surface area (Å²) < 4.78 is 16.1. The maximum absolute atomic E-state index is 13.9. The molecule has 3 aromatic carbocycles. The smallest absolute Gasteiger partial charge is 0.253 e. The van der Waals surface area contributed by atoms with Gasteiger partial charge in [0.1, 0.15) is 29.8 Å². The first-order valence-corrected chi connectivity index (χ1v) is 17.0. The lowest BCUT2D eigenvalue weighted by Gasteiger charge is -2.13. The Morgan fingerprint density at radius 3 is 2.55 bits per heavy atom. The van der Waals surface area contributed by atoms with Crippen molar-refractivity contribution in [1.82, 2.24) is 19.2 Å². The number of anilines is 1. The Bertz CT molecular complexity index is 1850. The van der Waals surface area contributed by atoms with Crippen LogP contribution in [0.2, 0.25) is 5.02 Å². The van der Waals surface area contributed by atoms with Gasteiger partial charge in [0.2, 0.25) is 5.78 Å². The number of ketones is 1. The van der Waals surface area contributed by atoms with Gasteiger partial charge in [-0.05, 0) is 65.5 Å². The minimum Gasteiger partial charge on any atom is -0.457 e. The number of hydrogen-bond acceptors (Lipinski definition) is 6. The van der Waals surface area contributed by atoms with Crippen LogP contribution in [-0.4, -0.2) is 69.9 Å². The fourth-order valence-corrected chi connectivity index (χ4v) is 5.70. The van der Waals surface area contributed by atoms with E-state index in [0.717, 1.165) is 21.1 Å². The van der Waals surface area contributed by atoms with Gasteiger partial charge in [-0.25, -0.2) is 4.68 Å². The highest BCUT2D eigenvalue weighted by Crippen LogP contribution is 2.32. The second-order valence-corrected chi connectivity index (χ2v) is 14.2. The summed E-state index contributed by atoms with van der Waals surface area (Å²) in [6.45, 7) is 0.828. The van der Waals surface area contributed by atoms with Gasteiger partial charge in [0, 0.05) is 35.6 Å². The van der Waals surface area contributed by atoms with E-state index in [1.165, 1.54) is 15.8 Å². The summed E-state index contributed by atoms with van der Waals surface area (Å²) in [7, 11) is 3.64. The summed E-state index contributed by atoms with van der Waals surface area (Å²) in [4.78, 5) is 27.7. The van der Waals surface area contributed by atoms with Crippen molar-refractivity contribution >= 4 is 66.8 Å². The van der Waals surface area contributed by atoms with Gasteiger partial charge in [0.05, 0.1) is 52.8 Å². The average Bonchev–Trinajstić information content (AvgIpc) is 3.54. The third-order valence-corrected chi connectivity index (χ3v) is 8.65. The molecule has 0 aliphatic rings. The largest absolute Gasteiger partial charge is 0.457 e. The summed E-state index contributed by atoms with van der Waals surface area (Å²) in [6.07, 6.45) is 5.79. The number of nitrogens with zero attached hydrogens (tertiary/aromatic N) is 4. The maximum Gasteiger partial charge on any atom is 0.253 e. The Hall–Kier alpha value is -3.77. The number of fused-ring (bicyclic) bond motifs is 1. The Labute approximate surface area is 272 Å². The zero-order valence-electron chi connectivity index (χ0n) is 24.7. The van der Waals surface area contributed by atoms with Crippen molar-refractivity contribution in [2.75, 3.05) is 44.7 Å². The second-order valence-electron chi connectivity index (χ2n) is 10.5. The van der Waals surface area contributed by atoms with Crippen molar-refractivity contribution < 1.29 is 19.1 Å². The summed E-state index contributed by atoms with van der Waals surface area (Å²) >= 11 is 10.2. The molecule has 2 N–H and O–H groups in total. The standard InChI is InChI=1S/C32H31BrClN5O4S/c1-37(2)32(41)20-6-5-7-23(15-20)43-24-9-11-28(26(34)17-24)39-31(35)25(18-36-39)30(40)29-16-21-14-22(33)8-10-27(21)38(29)19-42-12-13-44(3)4/h5-11,14-18H,12-13,19H2,1-4H3,(H-,35,36,40)/p+1. The van der Waals surface area contributed by atoms with Crippen molar-refractivity contribution in [2.45, 2.75) is 6.73 Å². The zero-order valence-corrected chi connectivity index (χ0v) is 27.9. The number of amides is 1. The van der Waals surface area contributed by atoms with Crippen molar-refractivity contribution in [3.8, 4) is 17.2 Å². The van der Waals surface area contributed by atoms with Crippen LogP contribution in [-0.2, 0) is 22.4 Å². The van der Waals surface area contributed by atoms with Gasteiger partial charge in [-0.1, -0.05) is 33.6 Å². The first-order chi connectivity index (χ1) is 21.0. The number of rotatable bonds is 11. The Kier molecular flexibility index (Phi) is 9.69. The minimum absolute atomic E-state index is 0.129. The van der Waals surface area contributed by atoms with E-state index in [2.05, 4.69) is 33.5 Å². The van der Waals surface area contributed by atoms with Crippen molar-refractivity contribution in [3.63, 3.8) is 0 Å². The lowest BCUT2D eigenvalue weighted by Crippen LogP contribution is -2.21. The second kappa shape index (κ2) is 13.5. The van der Waals surface area contributed by atoms with E-state index in [1.807, 2.05) is 28.8 Å². The van der Waals surface area contributed by atoms with Crippen LogP contribution in [0.3, 0.4) is 0 Å². The fraction of sp³-hybridized carbons (Fsp3) is 0.219. The number of hydrogen-bond donors (Lipinski definition) is 1. The molecule has 44 heavy (non-hydrogen) atoms. The van der Waals surface area contributed by atoms with Crippen molar-refractivity contribution in [2.24, 2.45) is 0 Å². The summed E-state index contributed by atoms with van der Waals surface area (Å²) in [5.74, 6) is 1.64. The predicted octanol–water partition coefficient (Wildman–Crippen LogP) is 6.40. The molecule has 228 valence electrons. The van der Waals surface area contributed by atoms with E-state index >= 15 is 0 Å². The molecule has 0 atom stereocenters. The molecule has 5 aromatic rings. The van der Waals surface area contributed by atoms with Crippen LogP contribution in [0.1, 0.15) is 26.4 Å². The average molecular weight is 698 g/mol. The number of nitrogens with two attached hydrogens (primary N) is 1. The maximum atomic E-state index is 13.9. The third kappa shape index (κ3) is 6.81. The molecule has 0 unspecified atom stereocenters. The van der Waals surface area contributed by atoms with E-state index in [1.54, 1.807) is 56.6 Å². The number of ether oxygens (including phenoxy) is 2. The fourth-order valence-electron chi connectivity index (χ4n) is 4.62. The van der Waals surface area contributed by atoms with Gasteiger partial charge < -0.3 is 24.7 Å². The van der Waals surface area contributed by atoms with Gasteiger partial charge in [0.15, 0.2) is 0 Å². The van der Waals surface area contributed by atoms with E-state index in [9.17, 15) is 9.59 Å². The highest BCUT2D eigenvalue weighted by molar-refractivity contribution is 9.10. The lowest BCUT2D eigenvalue weighted by molar-refractivity contribution is 0.0827. The summed E-state index contributed by atoms with van der Waals surface area (Å²) in [6, 6.07) is 19.7. The zero-order chi connectivity index (χ0) is 31.5. The van der Waals surface area contributed by atoms with E-state index < -0.39 is 0 Å². The van der Waals surface area contributed by atoms with Gasteiger partial charge in [-0.2, -0.15) is 5.10 Å². The molecule has 2 aromatic heterocycles. The number of carbonyl (C=O) groups excluding carboxylic acids is 2. The topological polar surface area (TPSA) is 105 Å². The van der Waals surface area contributed by atoms with Crippen LogP contribution in [0.25, 0.3) is 16.6 Å². The molecule has 0 aliphatic carbocycles. The normalized spacial score (nSPS) is 11.3. The minimum atomic E-state index is -0.279. The molecule has 0 aliphatic heterocycles. The van der Waals surface area contributed by atoms with E-state index in [4.69, 9.17) is 26.8 Å². The number of carbonyl (C=O) groups is 2. The highest BCUT2D eigenvalue weighted by Gasteiger charge is 2.24. The van der Waals surface area contributed by atoms with Crippen LogP contribution in [0.4, 0.5) is 5.82 Å². The molecule has 2 heterocycles. The van der Waals surface area contributed by atoms with Crippen molar-refractivity contribution in [1.29, 1.82) is 0 Å². The molecule has 9 nitrogen and oxygen atoms in total. The van der Waals surface area contributed by atoms with Crippen LogP contribution < -0.4 is 10.5 Å². The molecule has 0 fully saturated rings. The highest BCUT2D eigenvalue weighted by atomic mass is 79.9. The summed E-state index contributed by atoms with van der Waals surface area (Å²) in [5, 5.41) is 5.62. The van der Waals surface area contributed by atoms with Crippen LogP contribution >= 0.6 is 27.5 Å². The lowest BCUT2D eigenvalue weighted by atomic mass is 10.1. The van der Waals surface area contributed by atoms with E-state index in [0.29, 0.717) is 40.1 Å². The summed E-state index contributed by atoms with van der Waals surface area (Å²) in [5.41, 5.74) is 9.06. The van der Waals surface area contributed by atoms with Gasteiger partial charge in [0.25, 0.3) is 5.91 Å². The number of halogens is 2. The van der Waals surface area contributed by atoms with Gasteiger partial charge in [-0.15, -0.1) is 0 Å². The quantitative estimate of drug-likeness (QED) is 0.0974. The van der Waals surface area contributed by atoms with E-state index in [-0.39, 0.29) is 40.7 Å². The Morgan fingerprint density at radius 2 is 1.82 bits per heavy atom. The van der Waals surface area contributed by atoms with Gasteiger partial charge in [-0.3, -0.25) is 9.59 Å². The molecular weight excluding hydrogens is 666 g/mol. The monoisotopic (exact) mass is 696 g/mol. The molecule has 1 amide bonds. The third-order valence-electron chi connectivity index (χ3n) is 6.87. The first-order valence-electron chi connectivity index (χ1n) is 13.6. The molecule has 0 bridgehead atoms. The van der Waals surface area contributed by atoms with Crippen LogP contribution in [0.15, 0.2) is 77.4 Å². The van der Waals surface area contributed by atoms with Crippen LogP contribution in [0.5, 0.6) is 11.5 Å². The molecule has 0 radical (unpaired) electrons. The number of aromatic nitrogens is 3. The molecule has 0 saturated heterocycles. The van der Waals surface area contributed by atoms with Crippen LogP contribution in [0, 0.1) is 0 Å². The molecular formula is C32H32BrClN5O4S+. The SMILES string of the molecule is CN(C)C(=O)c1cccc(Oc2ccc(-n3ncc(C(=O)c4cc5cc(Br)ccc5n4COCC[S+](C)C)c3N)c(Cl)c2)c1. The predicted molar refractivity (Wildman–Crippen MR) is 181 cm³/mol. The van der Waals surface area contributed by atoms with Gasteiger partial charge >= 0.3 is 0 Å². The molecule has 0 spiro atoms. The number of nitrogen functional groups attached to an aromatic ring is 1. The first kappa shape index (κ1) is 31.6. The Balaban J connectivity index is 1.40. The molecule has 12 heteroatoms. The molecule has 0 saturated carbocycles. The molecule has 5 rings (SSSR count). The van der Waals surface area contributed by atoms with Crippen molar-refractivity contribution in [3.05, 3.63) is 99.2 Å². The Morgan fingerprint density at radius 1 is 1.05 bits per heavy atom.